The van der Waals surface area contributed by atoms with Crippen LogP contribution in [0.4, 0.5) is 47.8 Å². The molecule has 0 aliphatic carbocycles. The SMILES string of the molecule is O=C1Nc2c(C(F)(F)F)cccc2C1(c1ccc(O)cc1)n1ccnc1.O=C1Nc2c(ccc(F)c2F)C1(c1ccc(O)cc1)N1CCOCC1.O=C1Nc2c(ccc(F)c2F)C1(c1ccc(O)cc1)n1ccnc1. The van der Waals surface area contributed by atoms with Crippen molar-refractivity contribution in [1.29, 1.82) is 0 Å². The number of alkyl halides is 3. The van der Waals surface area contributed by atoms with Crippen molar-refractivity contribution in [2.45, 2.75) is 22.8 Å². The first kappa shape index (κ1) is 49.6. The van der Waals surface area contributed by atoms with Crippen molar-refractivity contribution in [3.8, 4) is 17.2 Å². The van der Waals surface area contributed by atoms with E-state index in [0.717, 1.165) is 18.2 Å². The summed E-state index contributed by atoms with van der Waals surface area (Å²) in [7, 11) is 0. The average molecular weight is 1030 g/mol. The van der Waals surface area contributed by atoms with Crippen molar-refractivity contribution in [1.82, 2.24) is 24.0 Å². The Hall–Kier alpha value is -9.02. The number of hydrogen-bond acceptors (Lipinski definition) is 10. The van der Waals surface area contributed by atoms with Gasteiger partial charge in [0.25, 0.3) is 17.7 Å². The molecule has 6 N–H and O–H groups in total. The van der Waals surface area contributed by atoms with Crippen LogP contribution in [-0.4, -0.2) is 83.3 Å². The van der Waals surface area contributed by atoms with E-state index in [9.17, 15) is 60.4 Å². The number of benzene rings is 6. The number of morpholine rings is 1. The van der Waals surface area contributed by atoms with E-state index in [0.29, 0.717) is 48.6 Å². The van der Waals surface area contributed by atoms with Crippen LogP contribution in [0.15, 0.2) is 153 Å². The van der Waals surface area contributed by atoms with Crippen LogP contribution in [-0.2, 0) is 41.9 Å². The van der Waals surface area contributed by atoms with E-state index in [1.165, 1.54) is 113 Å². The number of imidazole rings is 2. The van der Waals surface area contributed by atoms with Gasteiger partial charge in [-0.25, -0.2) is 27.5 Å². The van der Waals surface area contributed by atoms with Gasteiger partial charge in [0.05, 0.1) is 48.5 Å². The number of phenols is 3. The Morgan fingerprint density at radius 3 is 1.31 bits per heavy atom. The van der Waals surface area contributed by atoms with E-state index in [-0.39, 0.29) is 45.4 Å². The minimum Gasteiger partial charge on any atom is -0.508 e. The number of nitrogens with zero attached hydrogens (tertiary/aromatic N) is 5. The Balaban J connectivity index is 0.000000128. The number of ether oxygens (including phenoxy) is 1. The van der Waals surface area contributed by atoms with Gasteiger partial charge in [0, 0.05) is 54.6 Å². The molecule has 75 heavy (non-hydrogen) atoms. The summed E-state index contributed by atoms with van der Waals surface area (Å²) in [6, 6.07) is 26.5. The van der Waals surface area contributed by atoms with E-state index in [4.69, 9.17) is 4.74 Å². The number of phenolic OH excluding ortho intramolecular Hbond substituents is 3. The van der Waals surface area contributed by atoms with Crippen LogP contribution in [0.25, 0.3) is 0 Å². The zero-order valence-electron chi connectivity index (χ0n) is 38.6. The smallest absolute Gasteiger partial charge is 0.418 e. The molecule has 6 heterocycles. The highest BCUT2D eigenvalue weighted by Gasteiger charge is 2.56. The van der Waals surface area contributed by atoms with Crippen molar-refractivity contribution in [3.05, 3.63) is 215 Å². The molecule has 1 fully saturated rings. The van der Waals surface area contributed by atoms with E-state index in [1.54, 1.807) is 30.5 Å². The lowest BCUT2D eigenvalue weighted by Crippen LogP contribution is -2.55. The van der Waals surface area contributed by atoms with Crippen molar-refractivity contribution in [2.24, 2.45) is 0 Å². The molecule has 0 saturated carbocycles. The fourth-order valence-electron chi connectivity index (χ4n) is 10.2. The second-order valence-corrected chi connectivity index (χ2v) is 17.5. The van der Waals surface area contributed by atoms with Crippen LogP contribution < -0.4 is 16.0 Å². The molecule has 15 nitrogen and oxygen atoms in total. The molecular weight excluding hydrogens is 994 g/mol. The summed E-state index contributed by atoms with van der Waals surface area (Å²) in [6.07, 6.45) is 4.22. The Kier molecular flexibility index (Phi) is 12.4. The number of carbonyl (C=O) groups excluding carboxylic acids is 3. The summed E-state index contributed by atoms with van der Waals surface area (Å²) in [5, 5.41) is 36.0. The number of anilines is 3. The first-order valence-electron chi connectivity index (χ1n) is 22.7. The van der Waals surface area contributed by atoms with E-state index >= 15 is 0 Å². The number of para-hydroxylation sites is 1. The molecule has 8 aromatic rings. The summed E-state index contributed by atoms with van der Waals surface area (Å²) in [5.41, 5.74) is -3.52. The summed E-state index contributed by atoms with van der Waals surface area (Å²) >= 11 is 0. The lowest BCUT2D eigenvalue weighted by atomic mass is 9.81. The van der Waals surface area contributed by atoms with Crippen LogP contribution in [0.3, 0.4) is 0 Å². The number of halogens is 7. The summed E-state index contributed by atoms with van der Waals surface area (Å²) in [4.78, 5) is 48.8. The van der Waals surface area contributed by atoms with Crippen molar-refractivity contribution in [3.63, 3.8) is 0 Å². The van der Waals surface area contributed by atoms with Gasteiger partial charge in [-0.05, 0) is 71.3 Å². The van der Waals surface area contributed by atoms with Gasteiger partial charge in [0.15, 0.2) is 39.9 Å². The number of aromatic hydroxyl groups is 3. The lowest BCUT2D eigenvalue weighted by molar-refractivity contribution is -0.137. The zero-order valence-corrected chi connectivity index (χ0v) is 38.6. The van der Waals surface area contributed by atoms with Crippen LogP contribution in [0.1, 0.15) is 38.9 Å². The maximum atomic E-state index is 14.3. The van der Waals surface area contributed by atoms with Gasteiger partial charge in [-0.3, -0.25) is 19.3 Å². The van der Waals surface area contributed by atoms with Crippen LogP contribution >= 0.6 is 0 Å². The average Bonchev–Trinajstić information content (AvgIpc) is 4.36. The molecule has 4 aliphatic heterocycles. The molecule has 3 atom stereocenters. The maximum absolute atomic E-state index is 14.3. The Bertz CT molecular complexity index is 3490. The summed E-state index contributed by atoms with van der Waals surface area (Å²) in [5.74, 6) is -5.77. The predicted molar refractivity (Wildman–Crippen MR) is 254 cm³/mol. The van der Waals surface area contributed by atoms with Crippen molar-refractivity contribution >= 4 is 34.8 Å². The molecule has 2 aromatic heterocycles. The van der Waals surface area contributed by atoms with Crippen molar-refractivity contribution in [2.75, 3.05) is 42.3 Å². The van der Waals surface area contributed by atoms with Gasteiger partial charge >= 0.3 is 6.18 Å². The van der Waals surface area contributed by atoms with E-state index < -0.39 is 69.3 Å². The number of aromatic nitrogens is 4. The summed E-state index contributed by atoms with van der Waals surface area (Å²) < 4.78 is 104. The van der Waals surface area contributed by atoms with Crippen LogP contribution in [0.5, 0.6) is 17.2 Å². The highest BCUT2D eigenvalue weighted by molar-refractivity contribution is 6.10. The quantitative estimate of drug-likeness (QED) is 0.0885. The first-order chi connectivity index (χ1) is 35.9. The fraction of sp³-hybridized carbons (Fsp3) is 0.151. The minimum atomic E-state index is -4.61. The zero-order chi connectivity index (χ0) is 53.0. The van der Waals surface area contributed by atoms with Gasteiger partial charge in [-0.1, -0.05) is 60.7 Å². The number of carbonyl (C=O) groups is 3. The molecule has 6 aromatic carbocycles. The third-order valence-corrected chi connectivity index (χ3v) is 13.6. The third-order valence-electron chi connectivity index (χ3n) is 13.6. The molecule has 4 aliphatic rings. The maximum Gasteiger partial charge on any atom is 0.418 e. The highest BCUT2D eigenvalue weighted by Crippen LogP contribution is 2.51. The standard InChI is InChI=1S/C18H12F3N3O2.C18H16F2N2O3.C17H11F2N3O2/c19-18(20,21)14-3-1-2-13-15(14)23-16(26)17(13,24-9-8-22-10-24)11-4-6-12(25)7-5-11;19-14-6-5-13-16(15(14)20)21-17(24)18(13,22-7-9-25-10-8-22)11-1-3-12(23)4-2-11;18-13-6-5-12-15(14(13)19)21-16(24)17(12,22-8-7-20-9-22)10-1-3-11(23)4-2-10/h1-10,25H,(H,23,26);1-6,23H,7-10H2,(H,21,24);1-9,23H,(H,21,24). The third kappa shape index (κ3) is 7.87. The highest BCUT2D eigenvalue weighted by atomic mass is 19.4. The van der Waals surface area contributed by atoms with E-state index in [2.05, 4.69) is 25.9 Å². The van der Waals surface area contributed by atoms with Gasteiger partial charge in [-0.2, -0.15) is 13.2 Å². The predicted octanol–water partition coefficient (Wildman–Crippen LogP) is 8.16. The number of nitrogens with one attached hydrogen (secondary N) is 3. The second-order valence-electron chi connectivity index (χ2n) is 17.5. The van der Waals surface area contributed by atoms with Gasteiger partial charge in [0.2, 0.25) is 0 Å². The first-order valence-corrected chi connectivity index (χ1v) is 22.7. The van der Waals surface area contributed by atoms with Crippen LogP contribution in [0.2, 0.25) is 0 Å². The molecule has 382 valence electrons. The Labute approximate surface area is 420 Å². The molecule has 0 radical (unpaired) electrons. The van der Waals surface area contributed by atoms with Gasteiger partial charge < -0.3 is 45.1 Å². The van der Waals surface area contributed by atoms with Gasteiger partial charge in [-0.15, -0.1) is 0 Å². The minimum absolute atomic E-state index is 0.0165. The molecule has 3 amide bonds. The topological polar surface area (TPSA) is 196 Å². The molecule has 0 bridgehead atoms. The monoisotopic (exact) mass is 1030 g/mol. The molecule has 22 heteroatoms. The molecule has 3 unspecified atom stereocenters. The largest absolute Gasteiger partial charge is 0.508 e. The Morgan fingerprint density at radius 2 is 0.893 bits per heavy atom. The molecular formula is C53H39F7N8O7. The van der Waals surface area contributed by atoms with E-state index in [1.807, 2.05) is 4.90 Å². The van der Waals surface area contributed by atoms with Crippen molar-refractivity contribution < 1.29 is 65.2 Å². The lowest BCUT2D eigenvalue weighted by Gasteiger charge is -2.42. The molecule has 12 rings (SSSR count). The molecule has 1 saturated heterocycles. The van der Waals surface area contributed by atoms with Crippen LogP contribution in [0, 0.1) is 23.3 Å². The molecule has 0 spiro atoms. The fourth-order valence-corrected chi connectivity index (χ4v) is 10.2. The Morgan fingerprint density at radius 1 is 0.507 bits per heavy atom. The number of rotatable bonds is 6. The second kappa shape index (κ2) is 18.8. The number of fused-ring (bicyclic) bond motifs is 3. The number of hydrogen-bond donors (Lipinski definition) is 6. The normalized spacial score (nSPS) is 20.6. The van der Waals surface area contributed by atoms with Gasteiger partial charge in [0.1, 0.15) is 17.2 Å². The number of amides is 3. The summed E-state index contributed by atoms with van der Waals surface area (Å²) in [6.45, 7) is 1.80.